The molecule has 2 saturated heterocycles. The van der Waals surface area contributed by atoms with Crippen LogP contribution in [0.25, 0.3) is 10.9 Å². The van der Waals surface area contributed by atoms with Crippen LogP contribution in [0.3, 0.4) is 0 Å². The summed E-state index contributed by atoms with van der Waals surface area (Å²) in [5.41, 5.74) is -0.135. The Hall–Kier alpha value is -2.32. The normalized spacial score (nSPS) is 23.5. The molecule has 0 amide bonds. The van der Waals surface area contributed by atoms with E-state index in [1.165, 1.54) is 19.4 Å². The Morgan fingerprint density at radius 1 is 1.26 bits per heavy atom. The van der Waals surface area contributed by atoms with E-state index in [0.29, 0.717) is 35.5 Å². The summed E-state index contributed by atoms with van der Waals surface area (Å²) < 4.78 is 22.9. The molecule has 3 fully saturated rings. The first-order valence-corrected chi connectivity index (χ1v) is 10.5. The lowest BCUT2D eigenvalue weighted by atomic mass is 9.93. The van der Waals surface area contributed by atoms with Crippen LogP contribution in [-0.2, 0) is 0 Å². The van der Waals surface area contributed by atoms with Crippen molar-refractivity contribution in [1.29, 1.82) is 0 Å². The molecule has 31 heavy (non-hydrogen) atoms. The van der Waals surface area contributed by atoms with E-state index in [1.807, 2.05) is 4.90 Å². The van der Waals surface area contributed by atoms with Gasteiger partial charge in [-0.2, -0.15) is 0 Å². The van der Waals surface area contributed by atoms with Crippen LogP contribution in [-0.4, -0.2) is 60.4 Å². The lowest BCUT2D eigenvalue weighted by Gasteiger charge is -2.33. The maximum atomic E-state index is 15.4. The first-order valence-electron chi connectivity index (χ1n) is 10.5. The van der Waals surface area contributed by atoms with Gasteiger partial charge in [0.15, 0.2) is 11.6 Å². The molecule has 3 heterocycles. The zero-order valence-corrected chi connectivity index (χ0v) is 18.5. The minimum Gasteiger partial charge on any atom is -0.492 e. The second-order valence-electron chi connectivity index (χ2n) is 8.81. The lowest BCUT2D eigenvalue weighted by Crippen LogP contribution is -2.42. The number of carbonyl (C=O) groups is 1. The van der Waals surface area contributed by atoms with E-state index in [2.05, 4.69) is 11.9 Å². The monoisotopic (exact) mass is 451 g/mol. The number of benzene rings is 1. The van der Waals surface area contributed by atoms with Crippen molar-refractivity contribution in [1.82, 2.24) is 9.47 Å². The van der Waals surface area contributed by atoms with E-state index in [-0.39, 0.29) is 29.4 Å². The summed E-state index contributed by atoms with van der Waals surface area (Å²) in [6.45, 7) is 2.50. The smallest absolute Gasteiger partial charge is 0.341 e. The van der Waals surface area contributed by atoms with Crippen molar-refractivity contribution < 1.29 is 19.0 Å². The van der Waals surface area contributed by atoms with Gasteiger partial charge in [-0.3, -0.25) is 4.79 Å². The summed E-state index contributed by atoms with van der Waals surface area (Å²) in [4.78, 5) is 28.8. The average Bonchev–Trinajstić information content (AvgIpc) is 3.46. The molecule has 1 aromatic heterocycles. The first-order chi connectivity index (χ1) is 14.4. The molecule has 0 spiro atoms. The molecular formula is C22H27ClFN3O4. The third kappa shape index (κ3) is 3.46. The van der Waals surface area contributed by atoms with E-state index in [9.17, 15) is 14.7 Å². The number of halogens is 2. The van der Waals surface area contributed by atoms with Gasteiger partial charge in [0, 0.05) is 31.4 Å². The van der Waals surface area contributed by atoms with E-state index in [4.69, 9.17) is 4.74 Å². The van der Waals surface area contributed by atoms with Gasteiger partial charge in [-0.25, -0.2) is 9.18 Å². The maximum absolute atomic E-state index is 15.4. The number of piperidine rings is 1. The number of hydrogen-bond acceptors (Lipinski definition) is 5. The highest BCUT2D eigenvalue weighted by atomic mass is 35.5. The number of likely N-dealkylation sites (tertiary alicyclic amines) is 1. The molecule has 7 nitrogen and oxygen atoms in total. The number of nitrogens with zero attached hydrogens (tertiary/aromatic N) is 3. The first kappa shape index (κ1) is 21.9. The van der Waals surface area contributed by atoms with Crippen LogP contribution in [0.4, 0.5) is 10.1 Å². The summed E-state index contributed by atoms with van der Waals surface area (Å²) in [7, 11) is 3.60. The molecule has 2 unspecified atom stereocenters. The summed E-state index contributed by atoms with van der Waals surface area (Å²) >= 11 is 0. The Kier molecular flexibility index (Phi) is 5.64. The summed E-state index contributed by atoms with van der Waals surface area (Å²) in [6.07, 6.45) is 5.45. The van der Waals surface area contributed by atoms with Crippen LogP contribution in [0.15, 0.2) is 17.1 Å². The highest BCUT2D eigenvalue weighted by Gasteiger charge is 2.40. The quantitative estimate of drug-likeness (QED) is 0.769. The Morgan fingerprint density at radius 2 is 2.00 bits per heavy atom. The number of likely N-dealkylation sites (N-methyl/N-ethyl adjacent to an activating group) is 1. The lowest BCUT2D eigenvalue weighted by molar-refractivity contribution is 0.0695. The predicted octanol–water partition coefficient (Wildman–Crippen LogP) is 3.13. The number of ether oxygens (including phenoxy) is 1. The van der Waals surface area contributed by atoms with Crippen molar-refractivity contribution in [3.8, 4) is 5.75 Å². The van der Waals surface area contributed by atoms with Gasteiger partial charge in [0.05, 0.1) is 18.0 Å². The molecule has 2 atom stereocenters. The van der Waals surface area contributed by atoms with E-state index >= 15 is 4.39 Å². The molecule has 2 aliphatic heterocycles. The number of hydrogen-bond donors (Lipinski definition) is 1. The number of pyridine rings is 1. The molecule has 3 aliphatic rings. The molecule has 1 aromatic carbocycles. The van der Waals surface area contributed by atoms with Gasteiger partial charge < -0.3 is 24.2 Å². The van der Waals surface area contributed by atoms with Gasteiger partial charge in [0.1, 0.15) is 11.3 Å². The van der Waals surface area contributed by atoms with Crippen LogP contribution < -0.4 is 15.1 Å². The fraction of sp³-hybridized carbons (Fsp3) is 0.545. The van der Waals surface area contributed by atoms with Gasteiger partial charge >= 0.3 is 5.97 Å². The minimum absolute atomic E-state index is 0. The number of fused-ring (bicyclic) bond motifs is 2. The molecule has 168 valence electrons. The third-order valence-corrected chi connectivity index (χ3v) is 6.95. The number of carboxylic acids is 1. The number of carboxylic acid groups (broad SMARTS) is 1. The second-order valence-corrected chi connectivity index (χ2v) is 8.81. The summed E-state index contributed by atoms with van der Waals surface area (Å²) in [5.74, 6) is -1.04. The molecule has 1 aliphatic carbocycles. The molecule has 5 rings (SSSR count). The Bertz CT molecular complexity index is 1100. The molecule has 1 N–H and O–H groups in total. The van der Waals surface area contributed by atoms with Gasteiger partial charge in [0.25, 0.3) is 0 Å². The summed E-state index contributed by atoms with van der Waals surface area (Å²) in [5, 5.41) is 9.53. The van der Waals surface area contributed by atoms with Gasteiger partial charge in [-0.1, -0.05) is 0 Å². The number of aromatic nitrogens is 1. The van der Waals surface area contributed by atoms with Crippen molar-refractivity contribution in [2.45, 2.75) is 37.8 Å². The average molecular weight is 452 g/mol. The second kappa shape index (κ2) is 7.98. The highest BCUT2D eigenvalue weighted by molar-refractivity contribution is 5.97. The Balaban J connectivity index is 0.00000231. The standard InChI is InChI=1S/C22H26FN3O4.ClH/c1-24-7-3-4-12-9-25(11-17(12)24)19-16(23)8-14-18(21(19)30-2)26(13-5-6-13)10-15(20(14)27)22(28)29;/h8,10,12-13,17H,3-7,9,11H2,1-2H3,(H,28,29);1H. The van der Waals surface area contributed by atoms with Gasteiger partial charge in [0.2, 0.25) is 5.43 Å². The van der Waals surface area contributed by atoms with E-state index in [1.54, 1.807) is 4.57 Å². The number of anilines is 1. The zero-order chi connectivity index (χ0) is 21.2. The van der Waals surface area contributed by atoms with E-state index in [0.717, 1.165) is 38.8 Å². The number of aromatic carboxylic acids is 1. The van der Waals surface area contributed by atoms with Crippen molar-refractivity contribution >= 4 is 35.0 Å². The predicted molar refractivity (Wildman–Crippen MR) is 119 cm³/mol. The summed E-state index contributed by atoms with van der Waals surface area (Å²) in [6, 6.07) is 1.68. The van der Waals surface area contributed by atoms with Crippen molar-refractivity contribution in [3.05, 3.63) is 33.9 Å². The van der Waals surface area contributed by atoms with Crippen LogP contribution in [0, 0.1) is 11.7 Å². The Labute approximate surface area is 185 Å². The minimum atomic E-state index is -1.30. The van der Waals surface area contributed by atoms with Crippen molar-refractivity contribution in [2.75, 3.05) is 38.7 Å². The van der Waals surface area contributed by atoms with Crippen LogP contribution in [0.1, 0.15) is 42.1 Å². The van der Waals surface area contributed by atoms with Crippen molar-refractivity contribution in [3.63, 3.8) is 0 Å². The SMILES string of the molecule is COc1c(N2CC3CCCN(C)C3C2)c(F)cc2c(=O)c(C(=O)O)cn(C3CC3)c12.Cl. The number of methoxy groups -OCH3 is 1. The molecule has 0 radical (unpaired) electrons. The molecule has 0 bridgehead atoms. The molecular weight excluding hydrogens is 425 g/mol. The van der Waals surface area contributed by atoms with Gasteiger partial charge in [-0.05, 0) is 51.3 Å². The van der Waals surface area contributed by atoms with Crippen LogP contribution in [0.2, 0.25) is 0 Å². The van der Waals surface area contributed by atoms with Gasteiger partial charge in [-0.15, -0.1) is 12.4 Å². The largest absolute Gasteiger partial charge is 0.492 e. The molecule has 9 heteroatoms. The van der Waals surface area contributed by atoms with Crippen LogP contribution in [0.5, 0.6) is 5.75 Å². The fourth-order valence-electron chi connectivity index (χ4n) is 5.31. The molecule has 1 saturated carbocycles. The van der Waals surface area contributed by atoms with E-state index < -0.39 is 17.2 Å². The fourth-order valence-corrected chi connectivity index (χ4v) is 5.31. The van der Waals surface area contributed by atoms with Crippen LogP contribution >= 0.6 is 12.4 Å². The topological polar surface area (TPSA) is 75.0 Å². The maximum Gasteiger partial charge on any atom is 0.341 e. The highest BCUT2D eigenvalue weighted by Crippen LogP contribution is 2.45. The number of rotatable bonds is 4. The third-order valence-electron chi connectivity index (χ3n) is 6.95. The molecule has 2 aromatic rings. The van der Waals surface area contributed by atoms with Crippen molar-refractivity contribution in [2.24, 2.45) is 5.92 Å². The Morgan fingerprint density at radius 3 is 2.61 bits per heavy atom. The zero-order valence-electron chi connectivity index (χ0n) is 17.6.